The van der Waals surface area contributed by atoms with Gasteiger partial charge in [0.2, 0.25) is 0 Å². The molecule has 0 radical (unpaired) electrons. The molecule has 2 aliphatic rings. The average molecular weight is 297 g/mol. The van der Waals surface area contributed by atoms with Crippen molar-refractivity contribution < 1.29 is 9.90 Å². The molecule has 1 aliphatic carbocycles. The van der Waals surface area contributed by atoms with E-state index in [0.717, 1.165) is 38.5 Å². The van der Waals surface area contributed by atoms with Gasteiger partial charge >= 0.3 is 6.03 Å². The maximum absolute atomic E-state index is 12.0. The topological polar surface area (TPSA) is 55.8 Å². The van der Waals surface area contributed by atoms with Gasteiger partial charge in [0.1, 0.15) is 0 Å². The molecule has 1 unspecified atom stereocenters. The number of aliphatic hydroxyl groups is 1. The molecule has 5 nitrogen and oxygen atoms in total. The van der Waals surface area contributed by atoms with Crippen molar-refractivity contribution >= 4 is 6.03 Å². The Hall–Kier alpha value is -0.810. The van der Waals surface area contributed by atoms with Crippen molar-refractivity contribution in [2.24, 2.45) is 5.92 Å². The Bertz CT molecular complexity index is 319. The summed E-state index contributed by atoms with van der Waals surface area (Å²) in [6, 6.07) is 0.782. The lowest BCUT2D eigenvalue weighted by Gasteiger charge is -2.31. The number of aliphatic hydroxyl groups excluding tert-OH is 1. The van der Waals surface area contributed by atoms with E-state index in [2.05, 4.69) is 17.3 Å². The van der Waals surface area contributed by atoms with Crippen molar-refractivity contribution in [2.45, 2.75) is 51.0 Å². The van der Waals surface area contributed by atoms with Crippen molar-refractivity contribution in [2.75, 3.05) is 39.8 Å². The minimum Gasteiger partial charge on any atom is -0.396 e. The molecule has 2 rings (SSSR count). The number of urea groups is 1. The summed E-state index contributed by atoms with van der Waals surface area (Å²) >= 11 is 0. The third-order valence-electron chi connectivity index (χ3n) is 4.99. The van der Waals surface area contributed by atoms with Crippen LogP contribution in [0.25, 0.3) is 0 Å². The van der Waals surface area contributed by atoms with Gasteiger partial charge in [0.05, 0.1) is 0 Å². The molecule has 0 aromatic carbocycles. The highest BCUT2D eigenvalue weighted by atomic mass is 16.3. The van der Waals surface area contributed by atoms with Crippen LogP contribution >= 0.6 is 0 Å². The van der Waals surface area contributed by atoms with Crippen molar-refractivity contribution in [3.05, 3.63) is 0 Å². The summed E-state index contributed by atoms with van der Waals surface area (Å²) in [5.74, 6) is 0.271. The molecule has 0 aromatic heterocycles. The first-order valence-electron chi connectivity index (χ1n) is 8.54. The summed E-state index contributed by atoms with van der Waals surface area (Å²) in [5, 5.41) is 12.1. The maximum Gasteiger partial charge on any atom is 0.317 e. The fraction of sp³-hybridized carbons (Fsp3) is 0.938. The van der Waals surface area contributed by atoms with Crippen molar-refractivity contribution in [3.8, 4) is 0 Å². The van der Waals surface area contributed by atoms with Crippen LogP contribution in [0.1, 0.15) is 44.9 Å². The van der Waals surface area contributed by atoms with Gasteiger partial charge in [0.25, 0.3) is 0 Å². The second-order valence-electron chi connectivity index (χ2n) is 6.64. The highest BCUT2D eigenvalue weighted by Gasteiger charge is 2.25. The Morgan fingerprint density at radius 3 is 2.71 bits per heavy atom. The van der Waals surface area contributed by atoms with Gasteiger partial charge in [-0.1, -0.05) is 19.3 Å². The molecule has 2 fully saturated rings. The van der Waals surface area contributed by atoms with Gasteiger partial charge in [-0.25, -0.2) is 4.79 Å². The monoisotopic (exact) mass is 297 g/mol. The Balaban J connectivity index is 1.55. The summed E-state index contributed by atoms with van der Waals surface area (Å²) in [6.07, 6.45) is 8.73. The minimum absolute atomic E-state index is 0.0336. The van der Waals surface area contributed by atoms with E-state index in [1.165, 1.54) is 32.1 Å². The highest BCUT2D eigenvalue weighted by Crippen LogP contribution is 2.21. The standard InChI is InChI=1S/C16H31N3O2/c1-18(15-6-3-2-4-7-15)10-5-9-17-16(21)19-11-8-14(12-19)13-20/h14-15,20H,2-13H2,1H3,(H,17,21). The van der Waals surface area contributed by atoms with Gasteiger partial charge in [0.15, 0.2) is 0 Å². The summed E-state index contributed by atoms with van der Waals surface area (Å²) in [6.45, 7) is 3.47. The van der Waals surface area contributed by atoms with Crippen LogP contribution in [0.4, 0.5) is 4.79 Å². The zero-order valence-corrected chi connectivity index (χ0v) is 13.4. The summed E-state index contributed by atoms with van der Waals surface area (Å²) in [7, 11) is 2.21. The number of hydrogen-bond acceptors (Lipinski definition) is 3. The second kappa shape index (κ2) is 8.59. The number of hydrogen-bond donors (Lipinski definition) is 2. The first-order chi connectivity index (χ1) is 10.2. The van der Waals surface area contributed by atoms with E-state index in [1.807, 2.05) is 4.90 Å². The van der Waals surface area contributed by atoms with E-state index in [-0.39, 0.29) is 18.6 Å². The van der Waals surface area contributed by atoms with E-state index >= 15 is 0 Å². The van der Waals surface area contributed by atoms with Crippen LogP contribution in [0, 0.1) is 5.92 Å². The molecule has 2 N–H and O–H groups in total. The Labute approximate surface area is 128 Å². The van der Waals surface area contributed by atoms with Gasteiger partial charge in [-0.2, -0.15) is 0 Å². The summed E-state index contributed by atoms with van der Waals surface area (Å²) in [5.41, 5.74) is 0. The van der Waals surface area contributed by atoms with E-state index in [4.69, 9.17) is 5.11 Å². The maximum atomic E-state index is 12.0. The molecule has 1 saturated carbocycles. The number of nitrogens with one attached hydrogen (secondary N) is 1. The zero-order valence-electron chi connectivity index (χ0n) is 13.4. The van der Waals surface area contributed by atoms with Gasteiger partial charge in [0, 0.05) is 38.2 Å². The fourth-order valence-corrected chi connectivity index (χ4v) is 3.51. The van der Waals surface area contributed by atoms with Gasteiger partial charge in [-0.3, -0.25) is 0 Å². The normalized spacial score (nSPS) is 23.8. The van der Waals surface area contributed by atoms with Crippen LogP contribution in [0.2, 0.25) is 0 Å². The third-order valence-corrected chi connectivity index (χ3v) is 4.99. The number of amides is 2. The second-order valence-corrected chi connectivity index (χ2v) is 6.64. The predicted molar refractivity (Wildman–Crippen MR) is 84.3 cm³/mol. The number of rotatable bonds is 6. The van der Waals surface area contributed by atoms with Crippen molar-refractivity contribution in [1.82, 2.24) is 15.1 Å². The van der Waals surface area contributed by atoms with Gasteiger partial charge in [-0.05, 0) is 39.3 Å². The SMILES string of the molecule is CN(CCCNC(=O)N1CCC(CO)C1)C1CCCCC1. The van der Waals surface area contributed by atoms with Crippen LogP contribution in [-0.4, -0.2) is 66.8 Å². The molecule has 0 bridgehead atoms. The number of nitrogens with zero attached hydrogens (tertiary/aromatic N) is 2. The van der Waals surface area contributed by atoms with Crippen LogP contribution in [0.5, 0.6) is 0 Å². The molecule has 122 valence electrons. The lowest BCUT2D eigenvalue weighted by Crippen LogP contribution is -2.40. The summed E-state index contributed by atoms with van der Waals surface area (Å²) in [4.78, 5) is 16.3. The van der Waals surface area contributed by atoms with E-state index in [0.29, 0.717) is 6.54 Å². The lowest BCUT2D eigenvalue weighted by atomic mass is 9.94. The predicted octanol–water partition coefficient (Wildman–Crippen LogP) is 1.66. The molecule has 5 heteroatoms. The molecule has 21 heavy (non-hydrogen) atoms. The molecule has 0 spiro atoms. The quantitative estimate of drug-likeness (QED) is 0.733. The first-order valence-corrected chi connectivity index (χ1v) is 8.54. The largest absolute Gasteiger partial charge is 0.396 e. The van der Waals surface area contributed by atoms with Gasteiger partial charge in [-0.15, -0.1) is 0 Å². The van der Waals surface area contributed by atoms with Gasteiger partial charge < -0.3 is 20.2 Å². The molecule has 2 amide bonds. The van der Waals surface area contributed by atoms with E-state index in [9.17, 15) is 4.79 Å². The molecule has 1 heterocycles. The third kappa shape index (κ3) is 5.15. The molecule has 1 atom stereocenters. The lowest BCUT2D eigenvalue weighted by molar-refractivity contribution is 0.185. The number of carbonyl (C=O) groups excluding carboxylic acids is 1. The average Bonchev–Trinajstić information content (AvgIpc) is 3.01. The first kappa shape index (κ1) is 16.6. The minimum atomic E-state index is 0.0336. The smallest absolute Gasteiger partial charge is 0.317 e. The van der Waals surface area contributed by atoms with Crippen molar-refractivity contribution in [3.63, 3.8) is 0 Å². The molecule has 1 saturated heterocycles. The van der Waals surface area contributed by atoms with Crippen LogP contribution in [0.3, 0.4) is 0 Å². The molecular weight excluding hydrogens is 266 g/mol. The van der Waals surface area contributed by atoms with Crippen LogP contribution in [0.15, 0.2) is 0 Å². The molecular formula is C16H31N3O2. The molecule has 0 aromatic rings. The van der Waals surface area contributed by atoms with Crippen LogP contribution in [-0.2, 0) is 0 Å². The fourth-order valence-electron chi connectivity index (χ4n) is 3.51. The number of likely N-dealkylation sites (tertiary alicyclic amines) is 1. The Kier molecular flexibility index (Phi) is 6.77. The summed E-state index contributed by atoms with van der Waals surface area (Å²) < 4.78 is 0. The number of carbonyl (C=O) groups is 1. The van der Waals surface area contributed by atoms with E-state index < -0.39 is 0 Å². The Morgan fingerprint density at radius 2 is 2.05 bits per heavy atom. The molecule has 1 aliphatic heterocycles. The highest BCUT2D eigenvalue weighted by molar-refractivity contribution is 5.74. The van der Waals surface area contributed by atoms with Crippen molar-refractivity contribution in [1.29, 1.82) is 0 Å². The Morgan fingerprint density at radius 1 is 1.29 bits per heavy atom. The van der Waals surface area contributed by atoms with E-state index in [1.54, 1.807) is 0 Å². The zero-order chi connectivity index (χ0) is 15.1. The van der Waals surface area contributed by atoms with Crippen LogP contribution < -0.4 is 5.32 Å².